The minimum atomic E-state index is -4.32. The number of hydrogen-bond acceptors (Lipinski definition) is 7. The maximum Gasteiger partial charge on any atom is 0.264 e. The topological polar surface area (TPSA) is 114 Å². The molecule has 2 amide bonds. The minimum Gasteiger partial charge on any atom is -0.497 e. The van der Waals surface area contributed by atoms with Gasteiger partial charge in [0.2, 0.25) is 11.8 Å². The molecule has 1 saturated carbocycles. The van der Waals surface area contributed by atoms with Crippen molar-refractivity contribution in [3.05, 3.63) is 77.3 Å². The molecule has 12 heteroatoms. The number of nitrogens with zero attached hydrogens (tertiary/aromatic N) is 2. The second kappa shape index (κ2) is 15.4. The van der Waals surface area contributed by atoms with Crippen LogP contribution in [-0.4, -0.2) is 65.1 Å². The highest BCUT2D eigenvalue weighted by Crippen LogP contribution is 2.33. The van der Waals surface area contributed by atoms with Crippen molar-refractivity contribution >= 4 is 39.1 Å². The van der Waals surface area contributed by atoms with Gasteiger partial charge < -0.3 is 24.4 Å². The van der Waals surface area contributed by atoms with Crippen LogP contribution >= 0.6 is 11.6 Å². The highest BCUT2D eigenvalue weighted by Gasteiger charge is 2.33. The van der Waals surface area contributed by atoms with E-state index in [1.54, 1.807) is 44.4 Å². The monoisotopic (exact) mass is 657 g/mol. The smallest absolute Gasteiger partial charge is 0.264 e. The molecular formula is C33H40ClN3O7S. The highest BCUT2D eigenvalue weighted by atomic mass is 35.5. The van der Waals surface area contributed by atoms with Gasteiger partial charge in [0.1, 0.15) is 18.3 Å². The summed E-state index contributed by atoms with van der Waals surface area (Å²) in [6, 6.07) is 16.7. The summed E-state index contributed by atoms with van der Waals surface area (Å²) in [6.45, 7) is 1.13. The Kier molecular flexibility index (Phi) is 11.6. The molecule has 1 fully saturated rings. The lowest BCUT2D eigenvalue weighted by Gasteiger charge is -2.33. The van der Waals surface area contributed by atoms with Crippen LogP contribution in [0.15, 0.2) is 71.6 Å². The molecule has 3 aromatic carbocycles. The number of methoxy groups -OCH3 is 3. The SMILES string of the molecule is COc1cccc(CN(C(=O)CN(c2ccc(Cl)cc2)S(=O)(=O)c2ccc(OC)c(OC)c2)[C@H](C)C(=O)NC2CCCCC2)c1. The summed E-state index contributed by atoms with van der Waals surface area (Å²) >= 11 is 6.12. The molecule has 1 atom stereocenters. The molecule has 0 spiro atoms. The summed E-state index contributed by atoms with van der Waals surface area (Å²) in [5, 5.41) is 3.51. The Labute approximate surface area is 270 Å². The summed E-state index contributed by atoms with van der Waals surface area (Å²) in [7, 11) is 0.0875. The van der Waals surface area contributed by atoms with Crippen molar-refractivity contribution in [2.24, 2.45) is 0 Å². The van der Waals surface area contributed by atoms with E-state index in [0.717, 1.165) is 42.0 Å². The number of halogens is 1. The number of sulfonamides is 1. The van der Waals surface area contributed by atoms with E-state index in [0.29, 0.717) is 16.5 Å². The number of amides is 2. The average molecular weight is 658 g/mol. The average Bonchev–Trinajstić information content (AvgIpc) is 3.06. The van der Waals surface area contributed by atoms with Crippen LogP contribution in [-0.2, 0) is 26.2 Å². The van der Waals surface area contributed by atoms with Crippen LogP contribution < -0.4 is 23.8 Å². The lowest BCUT2D eigenvalue weighted by molar-refractivity contribution is -0.139. The lowest BCUT2D eigenvalue weighted by Crippen LogP contribution is -2.53. The van der Waals surface area contributed by atoms with Gasteiger partial charge in [-0.25, -0.2) is 8.42 Å². The number of ether oxygens (including phenoxy) is 3. The Morgan fingerprint density at radius 3 is 2.24 bits per heavy atom. The van der Waals surface area contributed by atoms with E-state index in [1.165, 1.54) is 49.5 Å². The fourth-order valence-electron chi connectivity index (χ4n) is 5.36. The Hall–Kier alpha value is -3.96. The molecule has 10 nitrogen and oxygen atoms in total. The van der Waals surface area contributed by atoms with Gasteiger partial charge in [0.15, 0.2) is 11.5 Å². The Morgan fingerprint density at radius 2 is 1.60 bits per heavy atom. The van der Waals surface area contributed by atoms with Crippen LogP contribution in [0, 0.1) is 0 Å². The number of nitrogens with one attached hydrogen (secondary N) is 1. The van der Waals surface area contributed by atoms with Gasteiger partial charge in [-0.2, -0.15) is 0 Å². The Morgan fingerprint density at radius 1 is 0.911 bits per heavy atom. The molecule has 45 heavy (non-hydrogen) atoms. The molecule has 1 N–H and O–H groups in total. The molecule has 0 saturated heterocycles. The van der Waals surface area contributed by atoms with Crippen LogP contribution in [0.4, 0.5) is 5.69 Å². The molecule has 0 heterocycles. The van der Waals surface area contributed by atoms with Crippen LogP contribution in [0.5, 0.6) is 17.2 Å². The molecule has 0 aromatic heterocycles. The number of hydrogen-bond donors (Lipinski definition) is 1. The first-order valence-electron chi connectivity index (χ1n) is 14.8. The van der Waals surface area contributed by atoms with Crippen molar-refractivity contribution in [3.8, 4) is 17.2 Å². The first-order chi connectivity index (χ1) is 21.6. The molecule has 0 radical (unpaired) electrons. The maximum absolute atomic E-state index is 14.2. The number of carbonyl (C=O) groups excluding carboxylic acids is 2. The first kappa shape index (κ1) is 33.9. The van der Waals surface area contributed by atoms with Crippen molar-refractivity contribution in [1.82, 2.24) is 10.2 Å². The van der Waals surface area contributed by atoms with Crippen molar-refractivity contribution in [2.75, 3.05) is 32.2 Å². The zero-order valence-electron chi connectivity index (χ0n) is 26.0. The van der Waals surface area contributed by atoms with Crippen molar-refractivity contribution < 1.29 is 32.2 Å². The standard InChI is InChI=1S/C33H40ClN3O7S/c1-23(33(39)35-26-10-6-5-7-11-26)36(21-24-9-8-12-28(19-24)42-2)32(38)22-37(27-15-13-25(34)14-16-27)45(40,41)29-17-18-30(43-3)31(20-29)44-4/h8-9,12-20,23,26H,5-7,10-11,21-22H2,1-4H3,(H,35,39)/t23-/m1/s1. The van der Waals surface area contributed by atoms with Gasteiger partial charge in [-0.15, -0.1) is 0 Å². The fraction of sp³-hybridized carbons (Fsp3) is 0.394. The molecule has 0 bridgehead atoms. The molecule has 0 unspecified atom stereocenters. The number of rotatable bonds is 13. The van der Waals surface area contributed by atoms with E-state index < -0.39 is 28.5 Å². The number of anilines is 1. The Bertz CT molecular complexity index is 1580. The summed E-state index contributed by atoms with van der Waals surface area (Å²) < 4.78 is 45.4. The van der Waals surface area contributed by atoms with Gasteiger partial charge in [-0.3, -0.25) is 13.9 Å². The summed E-state index contributed by atoms with van der Waals surface area (Å²) in [5.41, 5.74) is 0.948. The summed E-state index contributed by atoms with van der Waals surface area (Å²) in [5.74, 6) is 0.307. The molecule has 1 aliphatic rings. The van der Waals surface area contributed by atoms with Gasteiger partial charge in [-0.1, -0.05) is 43.0 Å². The minimum absolute atomic E-state index is 0.0402. The number of benzene rings is 3. The van der Waals surface area contributed by atoms with E-state index in [1.807, 2.05) is 6.07 Å². The normalized spacial score (nSPS) is 14.2. The quantitative estimate of drug-likeness (QED) is 0.261. The molecule has 0 aliphatic heterocycles. The predicted octanol–water partition coefficient (Wildman–Crippen LogP) is 5.43. The summed E-state index contributed by atoms with van der Waals surface area (Å²) in [4.78, 5) is 29.0. The van der Waals surface area contributed by atoms with Crippen LogP contribution in [0.1, 0.15) is 44.6 Å². The van der Waals surface area contributed by atoms with E-state index in [-0.39, 0.29) is 34.8 Å². The van der Waals surface area contributed by atoms with Gasteiger partial charge in [0.25, 0.3) is 10.0 Å². The lowest BCUT2D eigenvalue weighted by atomic mass is 9.95. The van der Waals surface area contributed by atoms with E-state index in [9.17, 15) is 18.0 Å². The molecule has 3 aromatic rings. The molecule has 4 rings (SSSR count). The third-order valence-electron chi connectivity index (χ3n) is 7.94. The summed E-state index contributed by atoms with van der Waals surface area (Å²) in [6.07, 6.45) is 4.98. The second-order valence-electron chi connectivity index (χ2n) is 10.9. The van der Waals surface area contributed by atoms with E-state index >= 15 is 0 Å². The van der Waals surface area contributed by atoms with Gasteiger partial charge in [-0.05, 0) is 73.9 Å². The van der Waals surface area contributed by atoms with Crippen molar-refractivity contribution in [2.45, 2.75) is 62.6 Å². The van der Waals surface area contributed by atoms with Crippen LogP contribution in [0.25, 0.3) is 0 Å². The van der Waals surface area contributed by atoms with Crippen LogP contribution in [0.2, 0.25) is 5.02 Å². The predicted molar refractivity (Wildman–Crippen MR) is 174 cm³/mol. The maximum atomic E-state index is 14.2. The highest BCUT2D eigenvalue weighted by molar-refractivity contribution is 7.92. The third-order valence-corrected chi connectivity index (χ3v) is 9.96. The zero-order chi connectivity index (χ0) is 32.6. The van der Waals surface area contributed by atoms with Gasteiger partial charge in [0, 0.05) is 23.7 Å². The first-order valence-corrected chi connectivity index (χ1v) is 16.6. The largest absolute Gasteiger partial charge is 0.497 e. The molecule has 242 valence electrons. The number of carbonyl (C=O) groups is 2. The van der Waals surface area contributed by atoms with Crippen LogP contribution in [0.3, 0.4) is 0 Å². The van der Waals surface area contributed by atoms with Crippen molar-refractivity contribution in [3.63, 3.8) is 0 Å². The second-order valence-corrected chi connectivity index (χ2v) is 13.2. The van der Waals surface area contributed by atoms with Crippen molar-refractivity contribution in [1.29, 1.82) is 0 Å². The Balaban J connectivity index is 1.71. The van der Waals surface area contributed by atoms with Gasteiger partial charge >= 0.3 is 0 Å². The zero-order valence-corrected chi connectivity index (χ0v) is 27.6. The molecule has 1 aliphatic carbocycles. The van der Waals surface area contributed by atoms with E-state index in [4.69, 9.17) is 25.8 Å². The molecular weight excluding hydrogens is 618 g/mol. The fourth-order valence-corrected chi connectivity index (χ4v) is 6.92. The van der Waals surface area contributed by atoms with Gasteiger partial charge in [0.05, 0.1) is 31.9 Å². The van der Waals surface area contributed by atoms with E-state index in [2.05, 4.69) is 5.32 Å². The third kappa shape index (κ3) is 8.40.